The molecule has 0 aliphatic heterocycles. The van der Waals surface area contributed by atoms with Gasteiger partial charge in [0.2, 0.25) is 0 Å². The van der Waals surface area contributed by atoms with Crippen molar-refractivity contribution in [1.82, 2.24) is 10.3 Å². The Balaban J connectivity index is 2.14. The van der Waals surface area contributed by atoms with E-state index in [0.717, 1.165) is 25.7 Å². The van der Waals surface area contributed by atoms with Crippen LogP contribution in [0.3, 0.4) is 0 Å². The second-order valence-corrected chi connectivity index (χ2v) is 5.11. The topological polar surface area (TPSA) is 64.4 Å². The number of oxazole rings is 1. The van der Waals surface area contributed by atoms with Crippen LogP contribution in [0.15, 0.2) is 22.6 Å². The summed E-state index contributed by atoms with van der Waals surface area (Å²) in [5, 5.41) is 3.09. The summed E-state index contributed by atoms with van der Waals surface area (Å²) >= 11 is 0. The molecule has 0 aliphatic carbocycles. The number of nitrogens with zero attached hydrogens (tertiary/aromatic N) is 1. The van der Waals surface area contributed by atoms with Crippen molar-refractivity contribution in [3.63, 3.8) is 0 Å². The number of benzene rings is 1. The number of hydrogen-bond donors (Lipinski definition) is 1. The first-order chi connectivity index (χ1) is 10.2. The normalized spacial score (nSPS) is 11.0. The van der Waals surface area contributed by atoms with Gasteiger partial charge in [0.05, 0.1) is 7.11 Å². The monoisotopic (exact) mass is 290 g/mol. The van der Waals surface area contributed by atoms with Crippen molar-refractivity contribution in [2.24, 2.45) is 0 Å². The maximum atomic E-state index is 12.3. The molecule has 5 nitrogen and oxygen atoms in total. The second kappa shape index (κ2) is 7.11. The van der Waals surface area contributed by atoms with Crippen molar-refractivity contribution in [2.75, 3.05) is 7.11 Å². The van der Waals surface area contributed by atoms with Crippen molar-refractivity contribution in [3.05, 3.63) is 23.8 Å². The molecule has 0 bridgehead atoms. The lowest BCUT2D eigenvalue weighted by Gasteiger charge is -2.17. The zero-order chi connectivity index (χ0) is 15.2. The highest BCUT2D eigenvalue weighted by Crippen LogP contribution is 2.21. The van der Waals surface area contributed by atoms with Crippen LogP contribution in [-0.4, -0.2) is 24.0 Å². The van der Waals surface area contributed by atoms with E-state index in [0.29, 0.717) is 16.7 Å². The van der Waals surface area contributed by atoms with Gasteiger partial charge in [0, 0.05) is 11.6 Å². The predicted molar refractivity (Wildman–Crippen MR) is 81.6 cm³/mol. The van der Waals surface area contributed by atoms with Crippen LogP contribution in [0.5, 0.6) is 6.08 Å². The van der Waals surface area contributed by atoms with Gasteiger partial charge in [-0.15, -0.1) is 0 Å². The van der Waals surface area contributed by atoms with Gasteiger partial charge in [0.25, 0.3) is 5.91 Å². The minimum Gasteiger partial charge on any atom is -0.453 e. The van der Waals surface area contributed by atoms with Gasteiger partial charge in [0.1, 0.15) is 5.52 Å². The van der Waals surface area contributed by atoms with Crippen LogP contribution < -0.4 is 10.1 Å². The number of amides is 1. The fraction of sp³-hybridized carbons (Fsp3) is 0.500. The standard InChI is InChI=1S/C16H22N2O3/c1-4-6-12(7-5-2)17-15(19)11-8-9-14-13(10-11)18-16(20-3)21-14/h8-10,12H,4-7H2,1-3H3,(H,17,19). The fourth-order valence-corrected chi connectivity index (χ4v) is 2.39. The van der Waals surface area contributed by atoms with Crippen LogP contribution in [-0.2, 0) is 0 Å². The Labute approximate surface area is 124 Å². The molecule has 2 rings (SSSR count). The van der Waals surface area contributed by atoms with E-state index in [2.05, 4.69) is 24.1 Å². The molecule has 1 amide bonds. The summed E-state index contributed by atoms with van der Waals surface area (Å²) in [7, 11) is 1.50. The van der Waals surface area contributed by atoms with Crippen LogP contribution in [0.25, 0.3) is 11.1 Å². The molecule has 0 fully saturated rings. The van der Waals surface area contributed by atoms with Gasteiger partial charge >= 0.3 is 6.08 Å². The Kier molecular flexibility index (Phi) is 5.20. The highest BCUT2D eigenvalue weighted by Gasteiger charge is 2.14. The van der Waals surface area contributed by atoms with Crippen molar-refractivity contribution >= 4 is 17.0 Å². The van der Waals surface area contributed by atoms with Gasteiger partial charge in [-0.3, -0.25) is 4.79 Å². The lowest BCUT2D eigenvalue weighted by Crippen LogP contribution is -2.34. The van der Waals surface area contributed by atoms with E-state index in [1.165, 1.54) is 7.11 Å². The maximum Gasteiger partial charge on any atom is 0.394 e. The fourth-order valence-electron chi connectivity index (χ4n) is 2.39. The summed E-state index contributed by atoms with van der Waals surface area (Å²) in [6.07, 6.45) is 4.33. The van der Waals surface area contributed by atoms with E-state index in [4.69, 9.17) is 9.15 Å². The Hall–Kier alpha value is -2.04. The van der Waals surface area contributed by atoms with Gasteiger partial charge in [-0.1, -0.05) is 26.7 Å². The van der Waals surface area contributed by atoms with E-state index in [1.807, 2.05) is 0 Å². The first-order valence-electron chi connectivity index (χ1n) is 7.43. The average Bonchev–Trinajstić information content (AvgIpc) is 2.89. The molecule has 1 N–H and O–H groups in total. The van der Waals surface area contributed by atoms with E-state index in [9.17, 15) is 4.79 Å². The van der Waals surface area contributed by atoms with Crippen LogP contribution in [0.2, 0.25) is 0 Å². The molecule has 2 aromatic rings. The first kappa shape index (κ1) is 15.4. The van der Waals surface area contributed by atoms with Crippen LogP contribution in [0, 0.1) is 0 Å². The molecule has 0 saturated carbocycles. The molecule has 1 aromatic heterocycles. The molecule has 0 unspecified atom stereocenters. The zero-order valence-electron chi connectivity index (χ0n) is 12.8. The zero-order valence-corrected chi connectivity index (χ0v) is 12.8. The van der Waals surface area contributed by atoms with Gasteiger partial charge in [-0.05, 0) is 31.0 Å². The van der Waals surface area contributed by atoms with Crippen molar-refractivity contribution < 1.29 is 13.9 Å². The minimum atomic E-state index is -0.0641. The molecule has 0 atom stereocenters. The SMILES string of the molecule is CCCC(CCC)NC(=O)c1ccc2oc(OC)nc2c1. The largest absolute Gasteiger partial charge is 0.453 e. The van der Waals surface area contributed by atoms with E-state index >= 15 is 0 Å². The molecule has 21 heavy (non-hydrogen) atoms. The lowest BCUT2D eigenvalue weighted by atomic mass is 10.1. The molecule has 5 heteroatoms. The highest BCUT2D eigenvalue weighted by atomic mass is 16.6. The van der Waals surface area contributed by atoms with Crippen molar-refractivity contribution in [3.8, 4) is 6.08 Å². The Morgan fingerprint density at radius 3 is 2.67 bits per heavy atom. The van der Waals surface area contributed by atoms with Crippen LogP contribution in [0.1, 0.15) is 49.9 Å². The van der Waals surface area contributed by atoms with Gasteiger partial charge < -0.3 is 14.5 Å². The van der Waals surface area contributed by atoms with Gasteiger partial charge in [-0.25, -0.2) is 0 Å². The van der Waals surface area contributed by atoms with Gasteiger partial charge in [-0.2, -0.15) is 4.98 Å². The molecule has 114 valence electrons. The third-order valence-corrected chi connectivity index (χ3v) is 3.41. The summed E-state index contributed by atoms with van der Waals surface area (Å²) in [5.74, 6) is -0.0641. The van der Waals surface area contributed by atoms with E-state index in [1.54, 1.807) is 18.2 Å². The third kappa shape index (κ3) is 3.74. The van der Waals surface area contributed by atoms with Crippen LogP contribution in [0.4, 0.5) is 0 Å². The number of aromatic nitrogens is 1. The molecule has 0 saturated heterocycles. The summed E-state index contributed by atoms with van der Waals surface area (Å²) < 4.78 is 10.3. The van der Waals surface area contributed by atoms with Crippen LogP contribution >= 0.6 is 0 Å². The summed E-state index contributed by atoms with van der Waals surface area (Å²) in [6, 6.07) is 5.45. The summed E-state index contributed by atoms with van der Waals surface area (Å²) in [4.78, 5) is 16.5. The second-order valence-electron chi connectivity index (χ2n) is 5.11. The molecule has 0 spiro atoms. The molecule has 0 radical (unpaired) electrons. The Morgan fingerprint density at radius 1 is 1.33 bits per heavy atom. The lowest BCUT2D eigenvalue weighted by molar-refractivity contribution is 0.0932. The molecular weight excluding hydrogens is 268 g/mol. The number of ether oxygens (including phenoxy) is 1. The molecule has 1 heterocycles. The molecule has 0 aliphatic rings. The summed E-state index contributed by atoms with van der Waals surface area (Å²) in [6.45, 7) is 4.26. The Morgan fingerprint density at radius 2 is 2.05 bits per heavy atom. The number of hydrogen-bond acceptors (Lipinski definition) is 4. The number of fused-ring (bicyclic) bond motifs is 1. The smallest absolute Gasteiger partial charge is 0.394 e. The number of nitrogens with one attached hydrogen (secondary N) is 1. The maximum absolute atomic E-state index is 12.3. The van der Waals surface area contributed by atoms with Crippen molar-refractivity contribution in [1.29, 1.82) is 0 Å². The third-order valence-electron chi connectivity index (χ3n) is 3.41. The van der Waals surface area contributed by atoms with E-state index < -0.39 is 0 Å². The van der Waals surface area contributed by atoms with E-state index in [-0.39, 0.29) is 18.0 Å². The minimum absolute atomic E-state index is 0.0641. The molecule has 1 aromatic carbocycles. The number of carbonyl (C=O) groups excluding carboxylic acids is 1. The van der Waals surface area contributed by atoms with Gasteiger partial charge in [0.15, 0.2) is 5.58 Å². The average molecular weight is 290 g/mol. The molecular formula is C16H22N2O3. The highest BCUT2D eigenvalue weighted by molar-refractivity contribution is 5.97. The Bertz CT molecular complexity index is 601. The summed E-state index contributed by atoms with van der Waals surface area (Å²) in [5.41, 5.74) is 1.83. The first-order valence-corrected chi connectivity index (χ1v) is 7.43. The van der Waals surface area contributed by atoms with Crippen molar-refractivity contribution in [2.45, 2.75) is 45.6 Å². The number of methoxy groups -OCH3 is 1. The predicted octanol–water partition coefficient (Wildman–Crippen LogP) is 3.54. The number of rotatable bonds is 7. The quantitative estimate of drug-likeness (QED) is 0.847. The number of carbonyl (C=O) groups is 1.